The summed E-state index contributed by atoms with van der Waals surface area (Å²) in [6.45, 7) is 8.00. The van der Waals surface area contributed by atoms with E-state index in [0.717, 1.165) is 11.1 Å². The van der Waals surface area contributed by atoms with Crippen molar-refractivity contribution in [3.05, 3.63) is 59.7 Å². The number of para-hydroxylation sites is 2. The number of phosphoric ester groups is 1. The van der Waals surface area contributed by atoms with Crippen LogP contribution in [0.4, 0.5) is 0 Å². The van der Waals surface area contributed by atoms with Crippen LogP contribution in [0.25, 0.3) is 0 Å². The van der Waals surface area contributed by atoms with E-state index < -0.39 is 7.82 Å². The molecule has 0 aliphatic carbocycles. The highest BCUT2D eigenvalue weighted by atomic mass is 31.2. The van der Waals surface area contributed by atoms with E-state index in [2.05, 4.69) is 0 Å². The average Bonchev–Trinajstić information content (AvgIpc) is 2.47. The molecule has 4 nitrogen and oxygen atoms in total. The molecule has 0 unspecified atom stereocenters. The van der Waals surface area contributed by atoms with Crippen LogP contribution >= 0.6 is 7.82 Å². The van der Waals surface area contributed by atoms with Gasteiger partial charge in [-0.3, -0.25) is 4.89 Å². The Balaban J connectivity index is 2.26. The normalized spacial score (nSPS) is 11.8. The first-order chi connectivity index (χ1) is 10.8. The predicted molar refractivity (Wildman–Crippen MR) is 92.1 cm³/mol. The Morgan fingerprint density at radius 1 is 0.783 bits per heavy atom. The van der Waals surface area contributed by atoms with E-state index >= 15 is 0 Å². The largest absolute Gasteiger partial charge is 0.584 e. The molecule has 124 valence electrons. The highest BCUT2D eigenvalue weighted by molar-refractivity contribution is 7.48. The Bertz CT molecular complexity index is 652. The van der Waals surface area contributed by atoms with Crippen LogP contribution in [-0.4, -0.2) is 4.89 Å². The van der Waals surface area contributed by atoms with Crippen molar-refractivity contribution in [2.75, 3.05) is 0 Å². The fourth-order valence-corrected chi connectivity index (χ4v) is 3.22. The van der Waals surface area contributed by atoms with Crippen LogP contribution in [-0.2, 0) is 4.57 Å². The quantitative estimate of drug-likeness (QED) is 0.710. The van der Waals surface area contributed by atoms with Gasteiger partial charge in [-0.25, -0.2) is 4.57 Å². The monoisotopic (exact) mass is 334 g/mol. The van der Waals surface area contributed by atoms with Gasteiger partial charge in [-0.1, -0.05) is 64.1 Å². The van der Waals surface area contributed by atoms with Gasteiger partial charge in [0.2, 0.25) is 0 Å². The number of phosphoric acid groups is 1. The van der Waals surface area contributed by atoms with Crippen LogP contribution in [0.2, 0.25) is 0 Å². The molecule has 2 aromatic carbocycles. The average molecular weight is 334 g/mol. The van der Waals surface area contributed by atoms with Crippen LogP contribution in [0.1, 0.15) is 50.7 Å². The standard InChI is InChI=1S/C18H23O4P/c1-13(2)15-9-5-7-11-17(15)21-23(19,20)22-18-12-8-6-10-16(18)14(3)4/h5-14H,1-4H3,(H,19,20). The highest BCUT2D eigenvalue weighted by Gasteiger charge is 2.28. The van der Waals surface area contributed by atoms with Gasteiger partial charge in [-0.15, -0.1) is 0 Å². The van der Waals surface area contributed by atoms with Crippen molar-refractivity contribution in [2.24, 2.45) is 0 Å². The van der Waals surface area contributed by atoms with Gasteiger partial charge in [0.05, 0.1) is 0 Å². The summed E-state index contributed by atoms with van der Waals surface area (Å²) >= 11 is 0. The van der Waals surface area contributed by atoms with E-state index in [0.29, 0.717) is 11.5 Å². The highest BCUT2D eigenvalue weighted by Crippen LogP contribution is 2.47. The van der Waals surface area contributed by atoms with Crippen LogP contribution in [0, 0.1) is 0 Å². The Kier molecular flexibility index (Phi) is 5.51. The number of hydrogen-bond acceptors (Lipinski definition) is 3. The lowest BCUT2D eigenvalue weighted by molar-refractivity contribution is 0.288. The molecule has 0 aromatic heterocycles. The molecular weight excluding hydrogens is 311 g/mol. The van der Waals surface area contributed by atoms with E-state index in [-0.39, 0.29) is 11.8 Å². The molecule has 0 bridgehead atoms. The summed E-state index contributed by atoms with van der Waals surface area (Å²) in [5, 5.41) is 0. The van der Waals surface area contributed by atoms with Gasteiger partial charge in [0, 0.05) is 0 Å². The van der Waals surface area contributed by atoms with Crippen molar-refractivity contribution in [3.63, 3.8) is 0 Å². The van der Waals surface area contributed by atoms with Gasteiger partial charge >= 0.3 is 7.82 Å². The van der Waals surface area contributed by atoms with E-state index in [1.165, 1.54) is 0 Å². The lowest BCUT2D eigenvalue weighted by Gasteiger charge is -2.19. The topological polar surface area (TPSA) is 55.8 Å². The van der Waals surface area contributed by atoms with Crippen LogP contribution in [0.5, 0.6) is 11.5 Å². The van der Waals surface area contributed by atoms with E-state index in [1.54, 1.807) is 24.3 Å². The molecule has 0 radical (unpaired) electrons. The second-order valence-corrected chi connectivity index (χ2v) is 7.34. The van der Waals surface area contributed by atoms with Crippen LogP contribution < -0.4 is 9.05 Å². The zero-order chi connectivity index (χ0) is 17.0. The van der Waals surface area contributed by atoms with E-state index in [4.69, 9.17) is 9.05 Å². The minimum atomic E-state index is -4.27. The zero-order valence-electron chi connectivity index (χ0n) is 13.9. The first-order valence-electron chi connectivity index (χ1n) is 7.70. The fraction of sp³-hybridized carbons (Fsp3) is 0.333. The molecule has 0 atom stereocenters. The fourth-order valence-electron chi connectivity index (χ4n) is 2.35. The third-order valence-electron chi connectivity index (χ3n) is 3.51. The molecule has 0 aliphatic rings. The number of hydrogen-bond donors (Lipinski definition) is 1. The maximum Gasteiger partial charge on any atom is 0.584 e. The molecule has 0 fully saturated rings. The van der Waals surface area contributed by atoms with Crippen molar-refractivity contribution in [2.45, 2.75) is 39.5 Å². The van der Waals surface area contributed by atoms with Gasteiger partial charge < -0.3 is 9.05 Å². The molecule has 0 heterocycles. The summed E-state index contributed by atoms with van der Waals surface area (Å²) in [5.41, 5.74) is 1.73. The molecule has 0 saturated heterocycles. The van der Waals surface area contributed by atoms with Gasteiger partial charge in [-0.2, -0.15) is 0 Å². The second kappa shape index (κ2) is 7.20. The molecule has 23 heavy (non-hydrogen) atoms. The smallest absolute Gasteiger partial charge is 0.395 e. The van der Waals surface area contributed by atoms with Gasteiger partial charge in [0.1, 0.15) is 11.5 Å². The Morgan fingerprint density at radius 2 is 1.13 bits per heavy atom. The Labute approximate surface area is 137 Å². The van der Waals surface area contributed by atoms with Gasteiger partial charge in [-0.05, 0) is 35.1 Å². The maximum absolute atomic E-state index is 12.4. The summed E-state index contributed by atoms with van der Waals surface area (Å²) in [6, 6.07) is 14.4. The summed E-state index contributed by atoms with van der Waals surface area (Å²) in [6.07, 6.45) is 0. The second-order valence-electron chi connectivity index (χ2n) is 6.04. The molecular formula is C18H23O4P. The van der Waals surface area contributed by atoms with Crippen molar-refractivity contribution in [1.82, 2.24) is 0 Å². The third kappa shape index (κ3) is 4.60. The van der Waals surface area contributed by atoms with Gasteiger partial charge in [0.15, 0.2) is 0 Å². The first kappa shape index (κ1) is 17.6. The molecule has 1 N–H and O–H groups in total. The maximum atomic E-state index is 12.4. The number of rotatable bonds is 6. The number of benzene rings is 2. The minimum Gasteiger partial charge on any atom is -0.395 e. The van der Waals surface area contributed by atoms with E-state index in [9.17, 15) is 9.46 Å². The Hall–Kier alpha value is -1.77. The van der Waals surface area contributed by atoms with E-state index in [1.807, 2.05) is 52.0 Å². The van der Waals surface area contributed by atoms with Crippen LogP contribution in [0.15, 0.2) is 48.5 Å². The van der Waals surface area contributed by atoms with Crippen molar-refractivity contribution in [3.8, 4) is 11.5 Å². The minimum absolute atomic E-state index is 0.175. The van der Waals surface area contributed by atoms with Crippen molar-refractivity contribution >= 4 is 7.82 Å². The molecule has 0 amide bonds. The van der Waals surface area contributed by atoms with Crippen LogP contribution in [0.3, 0.4) is 0 Å². The SMILES string of the molecule is CC(C)c1ccccc1OP(=O)(O)Oc1ccccc1C(C)C. The summed E-state index contributed by atoms with van der Waals surface area (Å²) < 4.78 is 23.1. The zero-order valence-corrected chi connectivity index (χ0v) is 14.8. The molecule has 0 saturated carbocycles. The lowest BCUT2D eigenvalue weighted by atomic mass is 10.0. The lowest BCUT2D eigenvalue weighted by Crippen LogP contribution is -2.04. The summed E-state index contributed by atoms with van der Waals surface area (Å²) in [7, 11) is -4.27. The molecule has 2 rings (SSSR count). The molecule has 2 aromatic rings. The van der Waals surface area contributed by atoms with Crippen molar-refractivity contribution in [1.29, 1.82) is 0 Å². The summed E-state index contributed by atoms with van der Waals surface area (Å²) in [4.78, 5) is 10.1. The molecule has 5 heteroatoms. The molecule has 0 spiro atoms. The Morgan fingerprint density at radius 3 is 1.48 bits per heavy atom. The summed E-state index contributed by atoms with van der Waals surface area (Å²) in [5.74, 6) is 1.09. The third-order valence-corrected chi connectivity index (χ3v) is 4.36. The first-order valence-corrected chi connectivity index (χ1v) is 9.19. The predicted octanol–water partition coefficient (Wildman–Crippen LogP) is 5.49. The molecule has 0 aliphatic heterocycles. The van der Waals surface area contributed by atoms with Gasteiger partial charge in [0.25, 0.3) is 0 Å². The van der Waals surface area contributed by atoms with Crippen molar-refractivity contribution < 1.29 is 18.5 Å².